The first-order chi connectivity index (χ1) is 13.0. The number of anilines is 1. The van der Waals surface area contributed by atoms with Crippen molar-refractivity contribution in [2.45, 2.75) is 20.8 Å². The van der Waals surface area contributed by atoms with Crippen molar-refractivity contribution in [3.05, 3.63) is 64.7 Å². The summed E-state index contributed by atoms with van der Waals surface area (Å²) in [6.45, 7) is 10.5. The summed E-state index contributed by atoms with van der Waals surface area (Å²) in [5, 5.41) is 2.92. The number of hydrogen-bond donors (Lipinski definition) is 1. The molecule has 1 saturated heterocycles. The molecule has 1 fully saturated rings. The van der Waals surface area contributed by atoms with Gasteiger partial charge in [-0.15, -0.1) is 0 Å². The van der Waals surface area contributed by atoms with E-state index in [1.165, 1.54) is 0 Å². The van der Waals surface area contributed by atoms with Crippen molar-refractivity contribution in [1.29, 1.82) is 0 Å². The third-order valence-corrected chi connectivity index (χ3v) is 4.98. The highest BCUT2D eigenvalue weighted by molar-refractivity contribution is 6.05. The molecule has 0 bridgehead atoms. The van der Waals surface area contributed by atoms with E-state index in [1.807, 2.05) is 30.9 Å². The maximum atomic E-state index is 12.6. The number of benzene rings is 2. The van der Waals surface area contributed by atoms with Crippen LogP contribution in [0.1, 0.15) is 38.8 Å². The molecule has 0 radical (unpaired) electrons. The van der Waals surface area contributed by atoms with E-state index in [2.05, 4.69) is 23.2 Å². The van der Waals surface area contributed by atoms with Crippen LogP contribution in [0.5, 0.6) is 0 Å². The third-order valence-electron chi connectivity index (χ3n) is 4.98. The lowest BCUT2D eigenvalue weighted by atomic mass is 10.1. The summed E-state index contributed by atoms with van der Waals surface area (Å²) < 4.78 is 0. The number of likely N-dealkylation sites (N-methyl/N-ethyl adjacent to an activating group) is 1. The Morgan fingerprint density at radius 3 is 2.00 bits per heavy atom. The fourth-order valence-electron chi connectivity index (χ4n) is 3.46. The zero-order valence-corrected chi connectivity index (χ0v) is 16.3. The highest BCUT2D eigenvalue weighted by Crippen LogP contribution is 2.16. The van der Waals surface area contributed by atoms with E-state index < -0.39 is 0 Å². The lowest BCUT2D eigenvalue weighted by Crippen LogP contribution is -2.48. The molecule has 1 aliphatic rings. The van der Waals surface area contributed by atoms with Gasteiger partial charge >= 0.3 is 0 Å². The molecule has 2 aromatic carbocycles. The van der Waals surface area contributed by atoms with Crippen LogP contribution in [-0.4, -0.2) is 54.3 Å². The summed E-state index contributed by atoms with van der Waals surface area (Å²) in [6.07, 6.45) is 0. The minimum Gasteiger partial charge on any atom is -0.336 e. The second-order valence-electron chi connectivity index (χ2n) is 7.13. The molecule has 5 heteroatoms. The number of amides is 2. The number of aryl methyl sites for hydroxylation is 2. The summed E-state index contributed by atoms with van der Waals surface area (Å²) >= 11 is 0. The Balaban J connectivity index is 1.64. The molecule has 5 nitrogen and oxygen atoms in total. The van der Waals surface area contributed by atoms with Gasteiger partial charge in [0.25, 0.3) is 11.8 Å². The normalized spacial score (nSPS) is 14.9. The molecule has 1 aliphatic heterocycles. The number of nitrogens with one attached hydrogen (secondary N) is 1. The van der Waals surface area contributed by atoms with E-state index in [-0.39, 0.29) is 11.8 Å². The first-order valence-corrected chi connectivity index (χ1v) is 9.47. The smallest absolute Gasteiger partial charge is 0.255 e. The molecule has 0 aromatic heterocycles. The van der Waals surface area contributed by atoms with Gasteiger partial charge in [0.2, 0.25) is 0 Å². The standard InChI is InChI=1S/C22H27N3O2/c1-4-24-9-11-25(12-10-24)22(27)19-7-5-18(6-8-19)21(26)23-20-14-16(2)13-17(3)15-20/h5-8,13-15H,4,9-12H2,1-3H3,(H,23,26). The summed E-state index contributed by atoms with van der Waals surface area (Å²) in [4.78, 5) is 29.3. The first kappa shape index (κ1) is 19.1. The lowest BCUT2D eigenvalue weighted by molar-refractivity contribution is 0.0643. The van der Waals surface area contributed by atoms with Crippen LogP contribution in [0.3, 0.4) is 0 Å². The maximum Gasteiger partial charge on any atom is 0.255 e. The van der Waals surface area contributed by atoms with Gasteiger partial charge in [-0.3, -0.25) is 9.59 Å². The van der Waals surface area contributed by atoms with Gasteiger partial charge in [0.1, 0.15) is 0 Å². The summed E-state index contributed by atoms with van der Waals surface area (Å²) in [5.41, 5.74) is 4.17. The molecule has 0 spiro atoms. The van der Waals surface area contributed by atoms with Crippen LogP contribution >= 0.6 is 0 Å². The monoisotopic (exact) mass is 365 g/mol. The van der Waals surface area contributed by atoms with Crippen molar-refractivity contribution in [1.82, 2.24) is 9.80 Å². The average Bonchev–Trinajstić information content (AvgIpc) is 2.67. The van der Waals surface area contributed by atoms with E-state index in [9.17, 15) is 9.59 Å². The quantitative estimate of drug-likeness (QED) is 0.904. The second-order valence-corrected chi connectivity index (χ2v) is 7.13. The van der Waals surface area contributed by atoms with Gasteiger partial charge in [-0.25, -0.2) is 0 Å². The Labute approximate surface area is 161 Å². The molecule has 2 amide bonds. The Morgan fingerprint density at radius 1 is 0.889 bits per heavy atom. The molecule has 0 saturated carbocycles. The van der Waals surface area contributed by atoms with E-state index >= 15 is 0 Å². The maximum absolute atomic E-state index is 12.6. The fourth-order valence-corrected chi connectivity index (χ4v) is 3.46. The number of piperazine rings is 1. The topological polar surface area (TPSA) is 52.7 Å². The van der Waals surface area contributed by atoms with Crippen molar-refractivity contribution < 1.29 is 9.59 Å². The van der Waals surface area contributed by atoms with Crippen LogP contribution in [-0.2, 0) is 0 Å². The fraction of sp³-hybridized carbons (Fsp3) is 0.364. The van der Waals surface area contributed by atoms with E-state index in [0.717, 1.165) is 49.5 Å². The van der Waals surface area contributed by atoms with Crippen LogP contribution in [0.4, 0.5) is 5.69 Å². The number of carbonyl (C=O) groups excluding carboxylic acids is 2. The molecular weight excluding hydrogens is 338 g/mol. The minimum absolute atomic E-state index is 0.0343. The van der Waals surface area contributed by atoms with Crippen molar-refractivity contribution in [2.24, 2.45) is 0 Å². The van der Waals surface area contributed by atoms with Gasteiger partial charge < -0.3 is 15.1 Å². The molecule has 27 heavy (non-hydrogen) atoms. The highest BCUT2D eigenvalue weighted by atomic mass is 16.2. The van der Waals surface area contributed by atoms with Crippen LogP contribution in [0.15, 0.2) is 42.5 Å². The number of nitrogens with zero attached hydrogens (tertiary/aromatic N) is 2. The van der Waals surface area contributed by atoms with Gasteiger partial charge in [0.15, 0.2) is 0 Å². The zero-order chi connectivity index (χ0) is 19.4. The molecule has 3 rings (SSSR count). The first-order valence-electron chi connectivity index (χ1n) is 9.47. The highest BCUT2D eigenvalue weighted by Gasteiger charge is 2.21. The lowest BCUT2D eigenvalue weighted by Gasteiger charge is -2.34. The molecule has 0 atom stereocenters. The SMILES string of the molecule is CCN1CCN(C(=O)c2ccc(C(=O)Nc3cc(C)cc(C)c3)cc2)CC1. The second kappa shape index (κ2) is 8.35. The van der Waals surface area contributed by atoms with Gasteiger partial charge in [-0.05, 0) is 67.9 Å². The van der Waals surface area contributed by atoms with Gasteiger partial charge in [0.05, 0.1) is 0 Å². The van der Waals surface area contributed by atoms with Crippen LogP contribution in [0, 0.1) is 13.8 Å². The number of carbonyl (C=O) groups is 2. The van der Waals surface area contributed by atoms with Gasteiger partial charge in [-0.1, -0.05) is 13.0 Å². The van der Waals surface area contributed by atoms with Crippen molar-refractivity contribution in [2.75, 3.05) is 38.0 Å². The largest absolute Gasteiger partial charge is 0.336 e. The average molecular weight is 365 g/mol. The van der Waals surface area contributed by atoms with Crippen LogP contribution in [0.2, 0.25) is 0 Å². The van der Waals surface area contributed by atoms with Crippen molar-refractivity contribution in [3.8, 4) is 0 Å². The van der Waals surface area contributed by atoms with Crippen molar-refractivity contribution >= 4 is 17.5 Å². The summed E-state index contributed by atoms with van der Waals surface area (Å²) in [6, 6.07) is 12.9. The number of rotatable bonds is 4. The molecular formula is C22H27N3O2. The Kier molecular flexibility index (Phi) is 5.91. The van der Waals surface area contributed by atoms with E-state index in [4.69, 9.17) is 0 Å². The molecule has 2 aromatic rings. The molecule has 142 valence electrons. The van der Waals surface area contributed by atoms with Gasteiger partial charge in [0, 0.05) is 43.0 Å². The van der Waals surface area contributed by atoms with Gasteiger partial charge in [-0.2, -0.15) is 0 Å². The molecule has 1 heterocycles. The summed E-state index contributed by atoms with van der Waals surface area (Å²) in [7, 11) is 0. The molecule has 1 N–H and O–H groups in total. The predicted octanol–water partition coefficient (Wildman–Crippen LogP) is 3.33. The molecule has 0 aliphatic carbocycles. The number of hydrogen-bond acceptors (Lipinski definition) is 3. The molecule has 0 unspecified atom stereocenters. The predicted molar refractivity (Wildman–Crippen MR) is 108 cm³/mol. The van der Waals surface area contributed by atoms with Crippen molar-refractivity contribution in [3.63, 3.8) is 0 Å². The zero-order valence-electron chi connectivity index (χ0n) is 16.3. The minimum atomic E-state index is -0.171. The summed E-state index contributed by atoms with van der Waals surface area (Å²) in [5.74, 6) is -0.137. The Hall–Kier alpha value is -2.66. The van der Waals surface area contributed by atoms with Crippen LogP contribution < -0.4 is 5.32 Å². The Bertz CT molecular complexity index is 802. The van der Waals surface area contributed by atoms with E-state index in [1.54, 1.807) is 24.3 Å². The van der Waals surface area contributed by atoms with Crippen LogP contribution in [0.25, 0.3) is 0 Å². The van der Waals surface area contributed by atoms with E-state index in [0.29, 0.717) is 11.1 Å². The third kappa shape index (κ3) is 4.74. The Morgan fingerprint density at radius 2 is 1.44 bits per heavy atom.